The Balaban J connectivity index is 1.67. The molecule has 1 aromatic carbocycles. The molecule has 102 valence electrons. The lowest BCUT2D eigenvalue weighted by atomic mass is 9.94. The molecule has 0 saturated carbocycles. The lowest BCUT2D eigenvalue weighted by Crippen LogP contribution is -2.34. The first kappa shape index (κ1) is 13.8. The highest BCUT2D eigenvalue weighted by Gasteiger charge is 2.18. The van der Waals surface area contributed by atoms with Crippen LogP contribution in [0.15, 0.2) is 24.3 Å². The van der Waals surface area contributed by atoms with Gasteiger partial charge in [0.2, 0.25) is 0 Å². The quantitative estimate of drug-likeness (QED) is 0.766. The third-order valence-corrected chi connectivity index (χ3v) is 3.62. The molecule has 0 atom stereocenters. The third-order valence-electron chi connectivity index (χ3n) is 3.62. The number of para-hydroxylation sites is 1. The minimum absolute atomic E-state index is 0.300. The first-order valence-corrected chi connectivity index (χ1v) is 6.76. The molecule has 19 heavy (non-hydrogen) atoms. The average molecular weight is 262 g/mol. The number of likely N-dealkylation sites (tertiary alicyclic amines) is 1. The Morgan fingerprint density at radius 1 is 1.32 bits per heavy atom. The summed E-state index contributed by atoms with van der Waals surface area (Å²) >= 11 is 0. The van der Waals surface area contributed by atoms with Crippen molar-refractivity contribution in [3.05, 3.63) is 30.1 Å². The Hall–Kier alpha value is -1.60. The largest absolute Gasteiger partial charge is 0.491 e. The van der Waals surface area contributed by atoms with Crippen LogP contribution in [-0.4, -0.2) is 31.1 Å². The molecule has 3 nitrogen and oxygen atoms in total. The van der Waals surface area contributed by atoms with E-state index < -0.39 is 0 Å². The van der Waals surface area contributed by atoms with Crippen molar-refractivity contribution >= 4 is 0 Å². The highest BCUT2D eigenvalue weighted by Crippen LogP contribution is 2.21. The molecule has 2 rings (SSSR count). The molecule has 1 aromatic rings. The van der Waals surface area contributed by atoms with E-state index in [4.69, 9.17) is 10.00 Å². The number of ether oxygens (including phenoxy) is 1. The fourth-order valence-corrected chi connectivity index (χ4v) is 2.43. The third kappa shape index (κ3) is 4.22. The van der Waals surface area contributed by atoms with Crippen LogP contribution in [0, 0.1) is 23.1 Å². The number of halogens is 1. The van der Waals surface area contributed by atoms with Gasteiger partial charge < -0.3 is 4.74 Å². The molecule has 1 saturated heterocycles. The summed E-state index contributed by atoms with van der Waals surface area (Å²) in [6, 6.07) is 8.69. The summed E-state index contributed by atoms with van der Waals surface area (Å²) in [5, 5.41) is 8.63. The highest BCUT2D eigenvalue weighted by molar-refractivity contribution is 5.23. The van der Waals surface area contributed by atoms with Gasteiger partial charge in [-0.1, -0.05) is 12.1 Å². The van der Waals surface area contributed by atoms with Crippen LogP contribution in [0.1, 0.15) is 19.3 Å². The summed E-state index contributed by atoms with van der Waals surface area (Å²) in [4.78, 5) is 2.17. The van der Waals surface area contributed by atoms with E-state index >= 15 is 0 Å². The van der Waals surface area contributed by atoms with Gasteiger partial charge in [0.1, 0.15) is 0 Å². The van der Waals surface area contributed by atoms with Gasteiger partial charge in [-0.15, -0.1) is 0 Å². The van der Waals surface area contributed by atoms with Crippen molar-refractivity contribution in [1.82, 2.24) is 4.90 Å². The predicted octanol–water partition coefficient (Wildman–Crippen LogP) is 2.83. The number of nitriles is 1. The molecular formula is C15H19FN2O. The number of benzene rings is 1. The van der Waals surface area contributed by atoms with Crippen LogP contribution in [0.4, 0.5) is 4.39 Å². The zero-order chi connectivity index (χ0) is 13.5. The second-order valence-electron chi connectivity index (χ2n) is 4.95. The molecule has 0 radical (unpaired) electrons. The molecular weight excluding hydrogens is 243 g/mol. The molecule has 0 unspecified atom stereocenters. The molecule has 0 bridgehead atoms. The molecule has 1 fully saturated rings. The number of rotatable bonds is 5. The maximum absolute atomic E-state index is 13.3. The van der Waals surface area contributed by atoms with Crippen molar-refractivity contribution in [3.8, 4) is 11.8 Å². The fourth-order valence-electron chi connectivity index (χ4n) is 2.43. The van der Waals surface area contributed by atoms with E-state index in [1.165, 1.54) is 6.07 Å². The molecule has 0 aliphatic carbocycles. The van der Waals surface area contributed by atoms with E-state index in [1.807, 2.05) is 0 Å². The smallest absolute Gasteiger partial charge is 0.165 e. The lowest BCUT2D eigenvalue weighted by molar-refractivity contribution is 0.175. The minimum atomic E-state index is -0.300. The van der Waals surface area contributed by atoms with E-state index in [0.29, 0.717) is 24.8 Å². The van der Waals surface area contributed by atoms with Crippen molar-refractivity contribution in [2.24, 2.45) is 5.92 Å². The van der Waals surface area contributed by atoms with Crippen molar-refractivity contribution in [1.29, 1.82) is 5.26 Å². The Kier molecular flexibility index (Phi) is 5.17. The van der Waals surface area contributed by atoms with Gasteiger partial charge in [0, 0.05) is 0 Å². The van der Waals surface area contributed by atoms with Crippen molar-refractivity contribution in [3.63, 3.8) is 0 Å². The SMILES string of the molecule is N#CCN1CCC(CCOc2ccccc2F)CC1. The topological polar surface area (TPSA) is 36.3 Å². The predicted molar refractivity (Wildman–Crippen MR) is 71.3 cm³/mol. The van der Waals surface area contributed by atoms with Gasteiger partial charge in [-0.3, -0.25) is 4.90 Å². The Morgan fingerprint density at radius 3 is 2.74 bits per heavy atom. The van der Waals surface area contributed by atoms with Crippen LogP contribution >= 0.6 is 0 Å². The summed E-state index contributed by atoms with van der Waals surface area (Å²) in [6.07, 6.45) is 3.15. The monoisotopic (exact) mass is 262 g/mol. The summed E-state index contributed by atoms with van der Waals surface area (Å²) in [5.74, 6) is 0.664. The summed E-state index contributed by atoms with van der Waals surface area (Å²) in [7, 11) is 0. The summed E-state index contributed by atoms with van der Waals surface area (Å²) < 4.78 is 18.8. The van der Waals surface area contributed by atoms with E-state index in [0.717, 1.165) is 32.4 Å². The minimum Gasteiger partial charge on any atom is -0.491 e. The van der Waals surface area contributed by atoms with Gasteiger partial charge in [-0.25, -0.2) is 4.39 Å². The molecule has 0 amide bonds. The van der Waals surface area contributed by atoms with E-state index in [2.05, 4.69) is 11.0 Å². The number of hydrogen-bond donors (Lipinski definition) is 0. The normalized spacial score (nSPS) is 17.1. The number of hydrogen-bond acceptors (Lipinski definition) is 3. The Morgan fingerprint density at radius 2 is 2.05 bits per heavy atom. The van der Waals surface area contributed by atoms with Crippen LogP contribution in [0.2, 0.25) is 0 Å². The maximum Gasteiger partial charge on any atom is 0.165 e. The average Bonchev–Trinajstić information content (AvgIpc) is 2.43. The molecule has 4 heteroatoms. The number of nitrogens with zero attached hydrogens (tertiary/aromatic N) is 2. The number of piperidine rings is 1. The second kappa shape index (κ2) is 7.10. The Bertz CT molecular complexity index is 436. The standard InChI is InChI=1S/C15H19FN2O/c16-14-3-1-2-4-15(14)19-12-7-13-5-9-18(10-6-13)11-8-17/h1-4,13H,5-7,9-12H2. The summed E-state index contributed by atoms with van der Waals surface area (Å²) in [5.41, 5.74) is 0. The zero-order valence-corrected chi connectivity index (χ0v) is 11.0. The zero-order valence-electron chi connectivity index (χ0n) is 11.0. The fraction of sp³-hybridized carbons (Fsp3) is 0.533. The summed E-state index contributed by atoms with van der Waals surface area (Å²) in [6.45, 7) is 3.05. The molecule has 1 aliphatic rings. The van der Waals surface area contributed by atoms with Crippen LogP contribution in [-0.2, 0) is 0 Å². The van der Waals surface area contributed by atoms with E-state index in [9.17, 15) is 4.39 Å². The van der Waals surface area contributed by atoms with Crippen molar-refractivity contribution in [2.45, 2.75) is 19.3 Å². The van der Waals surface area contributed by atoms with Crippen LogP contribution in [0.3, 0.4) is 0 Å². The van der Waals surface area contributed by atoms with Crippen LogP contribution in [0.25, 0.3) is 0 Å². The molecule has 0 aromatic heterocycles. The molecule has 1 heterocycles. The van der Waals surface area contributed by atoms with Gasteiger partial charge in [-0.2, -0.15) is 5.26 Å². The molecule has 0 N–H and O–H groups in total. The highest BCUT2D eigenvalue weighted by atomic mass is 19.1. The van der Waals surface area contributed by atoms with Crippen LogP contribution < -0.4 is 4.74 Å². The Labute approximate surface area is 113 Å². The van der Waals surface area contributed by atoms with E-state index in [-0.39, 0.29) is 5.82 Å². The van der Waals surface area contributed by atoms with Crippen molar-refractivity contribution in [2.75, 3.05) is 26.2 Å². The van der Waals surface area contributed by atoms with Crippen molar-refractivity contribution < 1.29 is 9.13 Å². The van der Waals surface area contributed by atoms with Gasteiger partial charge >= 0.3 is 0 Å². The lowest BCUT2D eigenvalue weighted by Gasteiger charge is -2.30. The molecule has 1 aliphatic heterocycles. The maximum atomic E-state index is 13.3. The van der Waals surface area contributed by atoms with Gasteiger partial charge in [0.25, 0.3) is 0 Å². The van der Waals surface area contributed by atoms with E-state index in [1.54, 1.807) is 18.2 Å². The van der Waals surface area contributed by atoms with Gasteiger partial charge in [0.05, 0.1) is 19.2 Å². The first-order chi connectivity index (χ1) is 9.29. The van der Waals surface area contributed by atoms with Gasteiger partial charge in [0.15, 0.2) is 11.6 Å². The first-order valence-electron chi connectivity index (χ1n) is 6.76. The van der Waals surface area contributed by atoms with Gasteiger partial charge in [-0.05, 0) is 50.4 Å². The molecule has 0 spiro atoms. The van der Waals surface area contributed by atoms with Crippen LogP contribution in [0.5, 0.6) is 5.75 Å². The second-order valence-corrected chi connectivity index (χ2v) is 4.95.